The molecule has 1 aromatic carbocycles. The molecule has 150 valence electrons. The number of hydrogen-bond donors (Lipinski definition) is 1. The number of amides is 1. The van der Waals surface area contributed by atoms with Crippen LogP contribution in [0.25, 0.3) is 0 Å². The number of unbranched alkanes of at least 4 members (excludes halogenated alkanes) is 2. The van der Waals surface area contributed by atoms with Gasteiger partial charge in [0.2, 0.25) is 0 Å². The average Bonchev–Trinajstić information content (AvgIpc) is 2.63. The fraction of sp³-hybridized carbons (Fsp3) is 0.579. The number of hydrogen-bond acceptors (Lipinski definition) is 6. The molecule has 0 radical (unpaired) electrons. The molecule has 0 aliphatic rings. The molecule has 1 aromatic rings. The number of nitro benzene ring substituents is 1. The second kappa shape index (κ2) is 12.3. The normalized spacial score (nSPS) is 10.7. The lowest BCUT2D eigenvalue weighted by atomic mass is 10.1. The van der Waals surface area contributed by atoms with Crippen molar-refractivity contribution in [3.05, 3.63) is 33.9 Å². The molecular weight excluding hydrogens is 368 g/mol. The third kappa shape index (κ3) is 8.90. The van der Waals surface area contributed by atoms with Crippen molar-refractivity contribution >= 4 is 29.3 Å². The highest BCUT2D eigenvalue weighted by atomic mass is 32.2. The minimum absolute atomic E-state index is 0.0329. The first-order valence-electron chi connectivity index (χ1n) is 9.11. The summed E-state index contributed by atoms with van der Waals surface area (Å²) < 4.78 is 4.56. The topological polar surface area (TPSA) is 98.5 Å². The maximum absolute atomic E-state index is 12.2. The summed E-state index contributed by atoms with van der Waals surface area (Å²) >= 11 is 1.44. The molecule has 1 rings (SSSR count). The fourth-order valence-electron chi connectivity index (χ4n) is 2.31. The van der Waals surface area contributed by atoms with Crippen molar-refractivity contribution in [3.8, 4) is 0 Å². The Bertz CT molecular complexity index is 649. The van der Waals surface area contributed by atoms with Gasteiger partial charge in [-0.05, 0) is 43.1 Å². The maximum atomic E-state index is 12.2. The summed E-state index contributed by atoms with van der Waals surface area (Å²) in [7, 11) is 1.36. The van der Waals surface area contributed by atoms with E-state index in [4.69, 9.17) is 0 Å². The number of esters is 1. The van der Waals surface area contributed by atoms with Crippen LogP contribution in [0, 0.1) is 16.0 Å². The summed E-state index contributed by atoms with van der Waals surface area (Å²) in [6.07, 6.45) is 3.57. The lowest BCUT2D eigenvalue weighted by molar-refractivity contribution is -0.387. The number of nitrogens with one attached hydrogen (secondary N) is 1. The molecule has 8 heteroatoms. The van der Waals surface area contributed by atoms with Gasteiger partial charge in [-0.25, -0.2) is 0 Å². The predicted molar refractivity (Wildman–Crippen MR) is 106 cm³/mol. The summed E-state index contributed by atoms with van der Waals surface area (Å²) in [6, 6.07) is 4.61. The standard InChI is InChI=1S/C19H28N2O5S/c1-14(2)10-12-27-17-9-8-15(13-16(17)21(24)25)19(23)20-11-6-4-5-7-18(22)26-3/h8-9,13-14H,4-7,10-12H2,1-3H3,(H,20,23). The molecule has 0 fully saturated rings. The fourth-order valence-corrected chi connectivity index (χ4v) is 3.56. The summed E-state index contributed by atoms with van der Waals surface area (Å²) in [5.74, 6) is 0.770. The van der Waals surface area contributed by atoms with Crippen molar-refractivity contribution in [1.82, 2.24) is 5.32 Å². The molecule has 1 amide bonds. The maximum Gasteiger partial charge on any atom is 0.305 e. The number of nitrogens with zero attached hydrogens (tertiary/aromatic N) is 1. The van der Waals surface area contributed by atoms with Crippen LogP contribution in [0.2, 0.25) is 0 Å². The molecule has 0 saturated heterocycles. The number of ether oxygens (including phenoxy) is 1. The molecule has 0 atom stereocenters. The molecule has 1 N–H and O–H groups in total. The smallest absolute Gasteiger partial charge is 0.305 e. The van der Waals surface area contributed by atoms with Gasteiger partial charge in [-0.1, -0.05) is 20.3 Å². The average molecular weight is 397 g/mol. The van der Waals surface area contributed by atoms with Gasteiger partial charge in [0.05, 0.1) is 16.9 Å². The quantitative estimate of drug-likeness (QED) is 0.187. The van der Waals surface area contributed by atoms with E-state index in [0.29, 0.717) is 30.2 Å². The van der Waals surface area contributed by atoms with Crippen LogP contribution in [0.15, 0.2) is 23.1 Å². The first-order valence-corrected chi connectivity index (χ1v) is 10.1. The Morgan fingerprint density at radius 3 is 2.63 bits per heavy atom. The summed E-state index contributed by atoms with van der Waals surface area (Å²) in [4.78, 5) is 34.7. The van der Waals surface area contributed by atoms with E-state index in [9.17, 15) is 19.7 Å². The second-order valence-corrected chi connectivity index (χ2v) is 7.75. The molecule has 0 aromatic heterocycles. The van der Waals surface area contributed by atoms with E-state index in [0.717, 1.165) is 25.0 Å². The summed E-state index contributed by atoms with van der Waals surface area (Å²) in [5, 5.41) is 14.1. The lowest BCUT2D eigenvalue weighted by Crippen LogP contribution is -2.24. The van der Waals surface area contributed by atoms with Crippen LogP contribution in [0.3, 0.4) is 0 Å². The molecular formula is C19H28N2O5S. The third-order valence-corrected chi connectivity index (χ3v) is 5.04. The monoisotopic (exact) mass is 396 g/mol. The van der Waals surface area contributed by atoms with Crippen LogP contribution >= 0.6 is 11.8 Å². The van der Waals surface area contributed by atoms with Gasteiger partial charge >= 0.3 is 5.97 Å². The Balaban J connectivity index is 2.53. The van der Waals surface area contributed by atoms with Gasteiger partial charge in [0.1, 0.15) is 0 Å². The molecule has 27 heavy (non-hydrogen) atoms. The molecule has 0 unspecified atom stereocenters. The summed E-state index contributed by atoms with van der Waals surface area (Å²) in [5.41, 5.74) is 0.249. The Hall–Kier alpha value is -2.09. The predicted octanol–water partition coefficient (Wildman–Crippen LogP) is 4.20. The molecule has 0 aliphatic carbocycles. The van der Waals surface area contributed by atoms with Gasteiger partial charge in [0.15, 0.2) is 0 Å². The Morgan fingerprint density at radius 1 is 1.26 bits per heavy atom. The Kier molecular flexibility index (Phi) is 10.5. The van der Waals surface area contributed by atoms with Crippen LogP contribution in [0.4, 0.5) is 5.69 Å². The number of nitro groups is 1. The van der Waals surface area contributed by atoms with E-state index in [1.807, 2.05) is 0 Å². The van der Waals surface area contributed by atoms with E-state index < -0.39 is 4.92 Å². The molecule has 7 nitrogen and oxygen atoms in total. The highest BCUT2D eigenvalue weighted by Gasteiger charge is 2.18. The molecule has 0 saturated carbocycles. The second-order valence-electron chi connectivity index (χ2n) is 6.61. The largest absolute Gasteiger partial charge is 0.469 e. The Labute approximate surface area is 164 Å². The number of carbonyl (C=O) groups is 2. The van der Waals surface area contributed by atoms with Crippen LogP contribution in [0.5, 0.6) is 0 Å². The third-order valence-electron chi connectivity index (χ3n) is 3.94. The summed E-state index contributed by atoms with van der Waals surface area (Å²) in [6.45, 7) is 4.68. The van der Waals surface area contributed by atoms with Crippen molar-refractivity contribution in [2.45, 2.75) is 50.8 Å². The van der Waals surface area contributed by atoms with Gasteiger partial charge in [-0.2, -0.15) is 0 Å². The molecule has 0 spiro atoms. The van der Waals surface area contributed by atoms with Crippen LogP contribution < -0.4 is 5.32 Å². The number of methoxy groups -OCH3 is 1. The zero-order valence-electron chi connectivity index (χ0n) is 16.2. The number of thioether (sulfide) groups is 1. The molecule has 0 aliphatic heterocycles. The minimum atomic E-state index is -0.443. The number of benzene rings is 1. The van der Waals surface area contributed by atoms with Gasteiger partial charge < -0.3 is 10.1 Å². The minimum Gasteiger partial charge on any atom is -0.469 e. The van der Waals surface area contributed by atoms with Crippen molar-refractivity contribution in [3.63, 3.8) is 0 Å². The van der Waals surface area contributed by atoms with Crippen LogP contribution in [0.1, 0.15) is 56.3 Å². The van der Waals surface area contributed by atoms with Gasteiger partial charge in [0.25, 0.3) is 11.6 Å². The van der Waals surface area contributed by atoms with Gasteiger partial charge in [0, 0.05) is 24.6 Å². The molecule has 0 bridgehead atoms. The van der Waals surface area contributed by atoms with Crippen molar-refractivity contribution in [2.24, 2.45) is 5.92 Å². The van der Waals surface area contributed by atoms with E-state index in [-0.39, 0.29) is 23.1 Å². The lowest BCUT2D eigenvalue weighted by Gasteiger charge is -2.08. The van der Waals surface area contributed by atoms with Gasteiger partial charge in [-0.3, -0.25) is 19.7 Å². The Morgan fingerprint density at radius 2 is 2.00 bits per heavy atom. The van der Waals surface area contributed by atoms with Crippen molar-refractivity contribution in [2.75, 3.05) is 19.4 Å². The van der Waals surface area contributed by atoms with E-state index in [1.54, 1.807) is 12.1 Å². The van der Waals surface area contributed by atoms with Crippen molar-refractivity contribution < 1.29 is 19.2 Å². The van der Waals surface area contributed by atoms with Gasteiger partial charge in [-0.15, -0.1) is 11.8 Å². The number of carbonyl (C=O) groups excluding carboxylic acids is 2. The molecule has 0 heterocycles. The van der Waals surface area contributed by atoms with Crippen LogP contribution in [-0.4, -0.2) is 36.2 Å². The first-order chi connectivity index (χ1) is 12.8. The van der Waals surface area contributed by atoms with E-state index in [2.05, 4.69) is 23.9 Å². The zero-order chi connectivity index (χ0) is 20.2. The zero-order valence-corrected chi connectivity index (χ0v) is 17.0. The SMILES string of the molecule is COC(=O)CCCCCNC(=O)c1ccc(SCCC(C)C)c([N+](=O)[O-])c1. The van der Waals surface area contributed by atoms with E-state index in [1.165, 1.54) is 24.9 Å². The number of rotatable bonds is 12. The highest BCUT2D eigenvalue weighted by molar-refractivity contribution is 7.99. The van der Waals surface area contributed by atoms with Crippen LogP contribution in [-0.2, 0) is 9.53 Å². The first kappa shape index (κ1) is 23.0. The highest BCUT2D eigenvalue weighted by Crippen LogP contribution is 2.31. The van der Waals surface area contributed by atoms with Crippen molar-refractivity contribution in [1.29, 1.82) is 0 Å². The van der Waals surface area contributed by atoms with E-state index >= 15 is 0 Å².